The van der Waals surface area contributed by atoms with E-state index in [-0.39, 0.29) is 6.23 Å². The van der Waals surface area contributed by atoms with Crippen LogP contribution in [-0.4, -0.2) is 32.9 Å². The van der Waals surface area contributed by atoms with Gasteiger partial charge in [0.25, 0.3) is 0 Å². The maximum Gasteiger partial charge on any atom is 0.156 e. The molecule has 0 bridgehead atoms. The maximum atomic E-state index is 5.94. The molecule has 0 aliphatic carbocycles. The van der Waals surface area contributed by atoms with Crippen molar-refractivity contribution in [1.29, 1.82) is 0 Å². The fraction of sp³-hybridized carbons (Fsp3) is 0.333. The molecule has 2 saturated heterocycles. The molecule has 2 fully saturated rings. The van der Waals surface area contributed by atoms with E-state index in [0.717, 1.165) is 32.9 Å². The van der Waals surface area contributed by atoms with Gasteiger partial charge in [0.15, 0.2) is 6.23 Å². The standard InChI is InChI=1S/C18H21N3O/c1-2-4-15(5-3-1)18-21(12-13-22-18)17-8-6-16(7-9-17)20-11-10-19-14-20/h1-9,18-19H,10-14H2. The van der Waals surface area contributed by atoms with Gasteiger partial charge in [-0.15, -0.1) is 0 Å². The molecule has 2 aromatic rings. The van der Waals surface area contributed by atoms with Gasteiger partial charge >= 0.3 is 0 Å². The van der Waals surface area contributed by atoms with Crippen molar-refractivity contribution in [3.63, 3.8) is 0 Å². The number of benzene rings is 2. The quantitative estimate of drug-likeness (QED) is 0.942. The highest BCUT2D eigenvalue weighted by Gasteiger charge is 2.27. The van der Waals surface area contributed by atoms with Gasteiger partial charge in [0.05, 0.1) is 13.3 Å². The van der Waals surface area contributed by atoms with Crippen LogP contribution in [-0.2, 0) is 4.74 Å². The minimum absolute atomic E-state index is 0.0282. The smallest absolute Gasteiger partial charge is 0.156 e. The Morgan fingerprint density at radius 3 is 2.41 bits per heavy atom. The molecule has 1 unspecified atom stereocenters. The lowest BCUT2D eigenvalue weighted by atomic mass is 10.1. The molecular formula is C18H21N3O. The molecule has 114 valence electrons. The van der Waals surface area contributed by atoms with Crippen molar-refractivity contribution in [2.75, 3.05) is 42.7 Å². The molecule has 4 rings (SSSR count). The summed E-state index contributed by atoms with van der Waals surface area (Å²) in [4.78, 5) is 4.69. The summed E-state index contributed by atoms with van der Waals surface area (Å²) in [5.74, 6) is 0. The SMILES string of the molecule is c1ccc(C2OCCN2c2ccc(N3CCNC3)cc2)cc1. The van der Waals surface area contributed by atoms with E-state index in [1.807, 2.05) is 6.07 Å². The number of nitrogens with zero attached hydrogens (tertiary/aromatic N) is 2. The van der Waals surface area contributed by atoms with Crippen LogP contribution in [0.1, 0.15) is 11.8 Å². The van der Waals surface area contributed by atoms with E-state index in [0.29, 0.717) is 0 Å². The van der Waals surface area contributed by atoms with Crippen molar-refractivity contribution >= 4 is 11.4 Å². The zero-order chi connectivity index (χ0) is 14.8. The van der Waals surface area contributed by atoms with Gasteiger partial charge in [0, 0.05) is 36.6 Å². The first-order chi connectivity index (χ1) is 10.9. The Morgan fingerprint density at radius 2 is 1.68 bits per heavy atom. The van der Waals surface area contributed by atoms with Crippen LogP contribution >= 0.6 is 0 Å². The number of hydrogen-bond donors (Lipinski definition) is 1. The number of rotatable bonds is 3. The van der Waals surface area contributed by atoms with Crippen LogP contribution in [0.2, 0.25) is 0 Å². The third-order valence-electron chi connectivity index (χ3n) is 4.38. The van der Waals surface area contributed by atoms with Crippen molar-refractivity contribution in [2.24, 2.45) is 0 Å². The number of anilines is 2. The van der Waals surface area contributed by atoms with E-state index in [1.54, 1.807) is 0 Å². The molecule has 2 aromatic carbocycles. The Hall–Kier alpha value is -2.04. The van der Waals surface area contributed by atoms with E-state index in [2.05, 4.69) is 63.6 Å². The Kier molecular flexibility index (Phi) is 3.70. The summed E-state index contributed by atoms with van der Waals surface area (Å²) in [6.45, 7) is 4.80. The van der Waals surface area contributed by atoms with Crippen molar-refractivity contribution < 1.29 is 4.74 Å². The lowest BCUT2D eigenvalue weighted by Crippen LogP contribution is -2.24. The van der Waals surface area contributed by atoms with Gasteiger partial charge in [-0.3, -0.25) is 5.32 Å². The monoisotopic (exact) mass is 295 g/mol. The van der Waals surface area contributed by atoms with Gasteiger partial charge in [-0.1, -0.05) is 30.3 Å². The summed E-state index contributed by atoms with van der Waals surface area (Å²) < 4.78 is 5.94. The van der Waals surface area contributed by atoms with Gasteiger partial charge in [-0.25, -0.2) is 0 Å². The van der Waals surface area contributed by atoms with Gasteiger partial charge in [-0.05, 0) is 24.3 Å². The van der Waals surface area contributed by atoms with Gasteiger partial charge in [0.1, 0.15) is 0 Å². The van der Waals surface area contributed by atoms with Crippen LogP contribution in [0, 0.1) is 0 Å². The molecule has 1 atom stereocenters. The molecule has 2 heterocycles. The van der Waals surface area contributed by atoms with E-state index in [1.165, 1.54) is 16.9 Å². The molecule has 0 radical (unpaired) electrons. The molecule has 4 nitrogen and oxygen atoms in total. The van der Waals surface area contributed by atoms with Crippen LogP contribution in [0.25, 0.3) is 0 Å². The Balaban J connectivity index is 1.55. The molecule has 2 aliphatic heterocycles. The minimum Gasteiger partial charge on any atom is -0.357 e. The second-order valence-electron chi connectivity index (χ2n) is 5.77. The molecule has 22 heavy (non-hydrogen) atoms. The van der Waals surface area contributed by atoms with Gasteiger partial charge in [-0.2, -0.15) is 0 Å². The van der Waals surface area contributed by atoms with Crippen LogP contribution in [0.4, 0.5) is 11.4 Å². The molecular weight excluding hydrogens is 274 g/mol. The second kappa shape index (κ2) is 5.99. The molecule has 0 spiro atoms. The summed E-state index contributed by atoms with van der Waals surface area (Å²) in [5, 5.41) is 3.36. The summed E-state index contributed by atoms with van der Waals surface area (Å²) in [5.41, 5.74) is 3.72. The van der Waals surface area contributed by atoms with Crippen LogP contribution in [0.15, 0.2) is 54.6 Å². The van der Waals surface area contributed by atoms with Crippen LogP contribution in [0.5, 0.6) is 0 Å². The number of ether oxygens (including phenoxy) is 1. The molecule has 0 saturated carbocycles. The fourth-order valence-corrected chi connectivity index (χ4v) is 3.21. The normalized spacial score (nSPS) is 21.5. The van der Waals surface area contributed by atoms with E-state index >= 15 is 0 Å². The van der Waals surface area contributed by atoms with E-state index < -0.39 is 0 Å². The third-order valence-corrected chi connectivity index (χ3v) is 4.38. The van der Waals surface area contributed by atoms with Crippen molar-refractivity contribution in [3.8, 4) is 0 Å². The molecule has 0 aromatic heterocycles. The summed E-state index contributed by atoms with van der Waals surface area (Å²) in [6.07, 6.45) is 0.0282. The first-order valence-corrected chi connectivity index (χ1v) is 7.91. The van der Waals surface area contributed by atoms with Crippen molar-refractivity contribution in [2.45, 2.75) is 6.23 Å². The highest BCUT2D eigenvalue weighted by molar-refractivity contribution is 5.57. The first-order valence-electron chi connectivity index (χ1n) is 7.91. The Labute approximate surface area is 131 Å². The Morgan fingerprint density at radius 1 is 0.909 bits per heavy atom. The van der Waals surface area contributed by atoms with Crippen molar-refractivity contribution in [3.05, 3.63) is 60.2 Å². The highest BCUT2D eigenvalue weighted by Crippen LogP contribution is 2.33. The highest BCUT2D eigenvalue weighted by atomic mass is 16.5. The number of nitrogens with one attached hydrogen (secondary N) is 1. The lowest BCUT2D eigenvalue weighted by Gasteiger charge is -2.26. The molecule has 4 heteroatoms. The molecule has 2 aliphatic rings. The summed E-state index contributed by atoms with van der Waals surface area (Å²) in [7, 11) is 0. The maximum absolute atomic E-state index is 5.94. The Bertz CT molecular complexity index is 608. The summed E-state index contributed by atoms with van der Waals surface area (Å²) >= 11 is 0. The minimum atomic E-state index is 0.0282. The van der Waals surface area contributed by atoms with Gasteiger partial charge < -0.3 is 14.5 Å². The zero-order valence-corrected chi connectivity index (χ0v) is 12.6. The first kappa shape index (κ1) is 13.6. The molecule has 1 N–H and O–H groups in total. The zero-order valence-electron chi connectivity index (χ0n) is 12.6. The van der Waals surface area contributed by atoms with E-state index in [4.69, 9.17) is 4.74 Å². The topological polar surface area (TPSA) is 27.7 Å². The van der Waals surface area contributed by atoms with E-state index in [9.17, 15) is 0 Å². The average molecular weight is 295 g/mol. The molecule has 0 amide bonds. The fourth-order valence-electron chi connectivity index (χ4n) is 3.21. The lowest BCUT2D eigenvalue weighted by molar-refractivity contribution is 0.114. The predicted octanol–water partition coefficient (Wildman–Crippen LogP) is 2.59. The summed E-state index contributed by atoms with van der Waals surface area (Å²) in [6, 6.07) is 19.3. The predicted molar refractivity (Wildman–Crippen MR) is 89.1 cm³/mol. The average Bonchev–Trinajstić information content (AvgIpc) is 3.28. The third kappa shape index (κ3) is 2.56. The van der Waals surface area contributed by atoms with Crippen molar-refractivity contribution in [1.82, 2.24) is 5.32 Å². The van der Waals surface area contributed by atoms with Crippen LogP contribution in [0.3, 0.4) is 0 Å². The van der Waals surface area contributed by atoms with Crippen LogP contribution < -0.4 is 15.1 Å². The van der Waals surface area contributed by atoms with Gasteiger partial charge in [0.2, 0.25) is 0 Å². The number of hydrogen-bond acceptors (Lipinski definition) is 4. The largest absolute Gasteiger partial charge is 0.357 e. The second-order valence-corrected chi connectivity index (χ2v) is 5.77.